The Morgan fingerprint density at radius 1 is 1.35 bits per heavy atom. The van der Waals surface area contributed by atoms with Crippen molar-refractivity contribution in [3.63, 3.8) is 0 Å². The Bertz CT molecular complexity index is 394. The molecule has 1 aromatic carbocycles. The first-order valence-corrected chi connectivity index (χ1v) is 7.02. The highest BCUT2D eigenvalue weighted by Gasteiger charge is 2.23. The smallest absolute Gasteiger partial charge is 0.137 e. The Morgan fingerprint density at radius 2 is 2.12 bits per heavy atom. The fourth-order valence-electron chi connectivity index (χ4n) is 2.40. The van der Waals surface area contributed by atoms with E-state index in [-0.39, 0.29) is 5.82 Å². The van der Waals surface area contributed by atoms with Gasteiger partial charge in [-0.3, -0.25) is 4.90 Å². The third-order valence-corrected chi connectivity index (χ3v) is 4.73. The van der Waals surface area contributed by atoms with Crippen molar-refractivity contribution in [2.24, 2.45) is 11.8 Å². The lowest BCUT2D eigenvalue weighted by Crippen LogP contribution is -2.37. The van der Waals surface area contributed by atoms with Crippen molar-refractivity contribution in [2.45, 2.75) is 26.8 Å². The summed E-state index contributed by atoms with van der Waals surface area (Å²) < 4.78 is 14.0. The van der Waals surface area contributed by atoms with Gasteiger partial charge in [0.05, 0.1) is 4.47 Å². The van der Waals surface area contributed by atoms with Crippen LogP contribution in [0.25, 0.3) is 0 Å². The van der Waals surface area contributed by atoms with Crippen LogP contribution in [0, 0.1) is 17.7 Å². The minimum atomic E-state index is -0.166. The molecular formula is C14H19BrFN. The monoisotopic (exact) mass is 299 g/mol. The summed E-state index contributed by atoms with van der Waals surface area (Å²) in [5.74, 6) is 1.37. The number of likely N-dealkylation sites (tertiary alicyclic amines) is 1. The Morgan fingerprint density at radius 3 is 2.82 bits per heavy atom. The van der Waals surface area contributed by atoms with Gasteiger partial charge in [-0.1, -0.05) is 26.0 Å². The van der Waals surface area contributed by atoms with E-state index in [1.54, 1.807) is 6.07 Å². The molecule has 0 amide bonds. The van der Waals surface area contributed by atoms with Crippen molar-refractivity contribution in [3.05, 3.63) is 34.1 Å². The quantitative estimate of drug-likeness (QED) is 0.796. The maximum Gasteiger partial charge on any atom is 0.137 e. The van der Waals surface area contributed by atoms with E-state index in [4.69, 9.17) is 0 Å². The van der Waals surface area contributed by atoms with Gasteiger partial charge in [-0.25, -0.2) is 4.39 Å². The Hall–Kier alpha value is -0.410. The number of hydrogen-bond donors (Lipinski definition) is 0. The maximum absolute atomic E-state index is 13.4. The van der Waals surface area contributed by atoms with Gasteiger partial charge in [-0.05, 0) is 52.4 Å². The lowest BCUT2D eigenvalue weighted by molar-refractivity contribution is 0.132. The average molecular weight is 300 g/mol. The number of hydrogen-bond acceptors (Lipinski definition) is 1. The van der Waals surface area contributed by atoms with Gasteiger partial charge in [0.15, 0.2) is 0 Å². The van der Waals surface area contributed by atoms with Crippen LogP contribution in [0.3, 0.4) is 0 Å². The van der Waals surface area contributed by atoms with Gasteiger partial charge < -0.3 is 0 Å². The molecule has 1 aliphatic rings. The second-order valence-corrected chi connectivity index (χ2v) is 5.98. The zero-order chi connectivity index (χ0) is 12.4. The van der Waals surface area contributed by atoms with E-state index in [0.717, 1.165) is 37.0 Å². The SMILES string of the molecule is CC1CCN(Cc2cccc(F)c2Br)CC1C. The Labute approximate surface area is 111 Å². The van der Waals surface area contributed by atoms with E-state index in [9.17, 15) is 4.39 Å². The average Bonchev–Trinajstić information content (AvgIpc) is 2.30. The predicted molar refractivity (Wildman–Crippen MR) is 72.3 cm³/mol. The fraction of sp³-hybridized carbons (Fsp3) is 0.571. The lowest BCUT2D eigenvalue weighted by atomic mass is 9.88. The summed E-state index contributed by atoms with van der Waals surface area (Å²) >= 11 is 3.33. The standard InChI is InChI=1S/C14H19BrFN/c1-10-6-7-17(8-11(10)2)9-12-4-3-5-13(16)14(12)15/h3-5,10-11H,6-9H2,1-2H3. The number of rotatable bonds is 2. The molecule has 0 saturated carbocycles. The summed E-state index contributed by atoms with van der Waals surface area (Å²) in [6.45, 7) is 7.70. The minimum Gasteiger partial charge on any atom is -0.299 e. The van der Waals surface area contributed by atoms with Crippen LogP contribution in [0.2, 0.25) is 0 Å². The lowest BCUT2D eigenvalue weighted by Gasteiger charge is -2.35. The minimum absolute atomic E-state index is 0.166. The van der Waals surface area contributed by atoms with Gasteiger partial charge in [-0.2, -0.15) is 0 Å². The van der Waals surface area contributed by atoms with E-state index in [2.05, 4.69) is 34.7 Å². The molecule has 0 radical (unpaired) electrons. The first kappa shape index (κ1) is 13.0. The number of piperidine rings is 1. The third kappa shape index (κ3) is 3.08. The van der Waals surface area contributed by atoms with Crippen LogP contribution in [-0.4, -0.2) is 18.0 Å². The molecule has 94 valence electrons. The van der Waals surface area contributed by atoms with Crippen LogP contribution in [0.1, 0.15) is 25.8 Å². The summed E-state index contributed by atoms with van der Waals surface area (Å²) in [5, 5.41) is 0. The topological polar surface area (TPSA) is 3.24 Å². The molecule has 2 rings (SSSR count). The molecule has 1 nitrogen and oxygen atoms in total. The molecule has 1 heterocycles. The molecule has 1 aliphatic heterocycles. The van der Waals surface area contributed by atoms with Crippen LogP contribution >= 0.6 is 15.9 Å². The predicted octanol–water partition coefficient (Wildman–Crippen LogP) is 4.07. The molecule has 0 bridgehead atoms. The second kappa shape index (κ2) is 5.49. The largest absolute Gasteiger partial charge is 0.299 e. The molecular weight excluding hydrogens is 281 g/mol. The molecule has 0 spiro atoms. The maximum atomic E-state index is 13.4. The van der Waals surface area contributed by atoms with Crippen LogP contribution in [0.4, 0.5) is 4.39 Å². The molecule has 1 saturated heterocycles. The van der Waals surface area contributed by atoms with Crippen LogP contribution < -0.4 is 0 Å². The van der Waals surface area contributed by atoms with Crippen molar-refractivity contribution in [3.8, 4) is 0 Å². The highest BCUT2D eigenvalue weighted by molar-refractivity contribution is 9.10. The van der Waals surface area contributed by atoms with Crippen molar-refractivity contribution in [1.82, 2.24) is 4.90 Å². The molecule has 2 unspecified atom stereocenters. The highest BCUT2D eigenvalue weighted by Crippen LogP contribution is 2.26. The third-order valence-electron chi connectivity index (χ3n) is 3.84. The van der Waals surface area contributed by atoms with E-state index < -0.39 is 0 Å². The van der Waals surface area contributed by atoms with Crippen molar-refractivity contribution in [1.29, 1.82) is 0 Å². The fourth-order valence-corrected chi connectivity index (χ4v) is 2.79. The van der Waals surface area contributed by atoms with Crippen molar-refractivity contribution < 1.29 is 4.39 Å². The summed E-state index contributed by atoms with van der Waals surface area (Å²) in [6.07, 6.45) is 1.24. The zero-order valence-corrected chi connectivity index (χ0v) is 12.0. The Kier molecular flexibility index (Phi) is 4.21. The molecule has 2 atom stereocenters. The highest BCUT2D eigenvalue weighted by atomic mass is 79.9. The van der Waals surface area contributed by atoms with Crippen LogP contribution in [0.5, 0.6) is 0 Å². The molecule has 17 heavy (non-hydrogen) atoms. The van der Waals surface area contributed by atoms with Gasteiger partial charge in [0.25, 0.3) is 0 Å². The molecule has 1 aromatic rings. The molecule has 1 fully saturated rings. The molecule has 0 N–H and O–H groups in total. The van der Waals surface area contributed by atoms with Gasteiger partial charge in [0, 0.05) is 13.1 Å². The summed E-state index contributed by atoms with van der Waals surface area (Å²) in [4.78, 5) is 2.42. The van der Waals surface area contributed by atoms with Gasteiger partial charge in [-0.15, -0.1) is 0 Å². The van der Waals surface area contributed by atoms with E-state index in [1.807, 2.05) is 6.07 Å². The van der Waals surface area contributed by atoms with E-state index in [0.29, 0.717) is 4.47 Å². The zero-order valence-electron chi connectivity index (χ0n) is 10.4. The summed E-state index contributed by atoms with van der Waals surface area (Å²) in [7, 11) is 0. The Balaban J connectivity index is 2.04. The van der Waals surface area contributed by atoms with E-state index >= 15 is 0 Å². The first-order valence-electron chi connectivity index (χ1n) is 6.23. The number of halogens is 2. The van der Waals surface area contributed by atoms with Crippen molar-refractivity contribution >= 4 is 15.9 Å². The van der Waals surface area contributed by atoms with Crippen LogP contribution in [-0.2, 0) is 6.54 Å². The summed E-state index contributed by atoms with van der Waals surface area (Å²) in [5.41, 5.74) is 1.05. The van der Waals surface area contributed by atoms with Crippen molar-refractivity contribution in [2.75, 3.05) is 13.1 Å². The first-order chi connectivity index (χ1) is 8.08. The van der Waals surface area contributed by atoms with Gasteiger partial charge >= 0.3 is 0 Å². The normalized spacial score (nSPS) is 26.1. The molecule has 0 aliphatic carbocycles. The van der Waals surface area contributed by atoms with Gasteiger partial charge in [0.2, 0.25) is 0 Å². The van der Waals surface area contributed by atoms with Crippen LogP contribution in [0.15, 0.2) is 22.7 Å². The van der Waals surface area contributed by atoms with E-state index in [1.165, 1.54) is 12.5 Å². The molecule has 0 aromatic heterocycles. The van der Waals surface area contributed by atoms with Gasteiger partial charge in [0.1, 0.15) is 5.82 Å². The number of nitrogens with zero attached hydrogens (tertiary/aromatic N) is 1. The number of benzene rings is 1. The second-order valence-electron chi connectivity index (χ2n) is 5.19. The summed E-state index contributed by atoms with van der Waals surface area (Å²) in [6, 6.07) is 5.27. The molecule has 3 heteroatoms.